The molecule has 0 aromatic heterocycles. The molecule has 0 spiro atoms. The zero-order chi connectivity index (χ0) is 15.1. The number of aliphatic carboxylic acids is 1. The lowest BCUT2D eigenvalue weighted by Crippen LogP contribution is -2.54. The summed E-state index contributed by atoms with van der Waals surface area (Å²) < 4.78 is 4.79. The molecular formula is C12H21N3O5. The highest BCUT2D eigenvalue weighted by Crippen LogP contribution is 2.21. The van der Waals surface area contributed by atoms with E-state index in [0.29, 0.717) is 25.9 Å². The zero-order valence-electron chi connectivity index (χ0n) is 11.5. The van der Waals surface area contributed by atoms with Crippen molar-refractivity contribution in [2.45, 2.75) is 32.2 Å². The summed E-state index contributed by atoms with van der Waals surface area (Å²) in [6.07, 6.45) is 0.542. The summed E-state index contributed by atoms with van der Waals surface area (Å²) in [6.45, 7) is 2.70. The third-order valence-electron chi connectivity index (χ3n) is 3.21. The smallest absolute Gasteiger partial charge is 0.407 e. The van der Waals surface area contributed by atoms with Crippen LogP contribution in [0, 0.1) is 5.92 Å². The number of primary amides is 1. The molecule has 1 heterocycles. The second-order valence-electron chi connectivity index (χ2n) is 4.84. The summed E-state index contributed by atoms with van der Waals surface area (Å²) in [6, 6.07) is -0.838. The van der Waals surface area contributed by atoms with E-state index in [4.69, 9.17) is 15.6 Å². The van der Waals surface area contributed by atoms with Gasteiger partial charge in [-0.1, -0.05) is 0 Å². The lowest BCUT2D eigenvalue weighted by Gasteiger charge is -2.36. The van der Waals surface area contributed by atoms with Gasteiger partial charge in [0, 0.05) is 19.5 Å². The number of carbonyl (C=O) groups excluding carboxylic acids is 2. The molecule has 2 unspecified atom stereocenters. The average Bonchev–Trinajstić information content (AvgIpc) is 2.36. The van der Waals surface area contributed by atoms with Gasteiger partial charge in [0.05, 0.1) is 12.6 Å². The summed E-state index contributed by atoms with van der Waals surface area (Å²) in [5.41, 5.74) is 5.26. The molecule has 0 aliphatic carbocycles. The minimum Gasteiger partial charge on any atom is -0.481 e. The normalized spacial score (nSPS) is 22.1. The quantitative estimate of drug-likeness (QED) is 0.674. The number of carboxylic acid groups (broad SMARTS) is 1. The van der Waals surface area contributed by atoms with Crippen LogP contribution in [0.1, 0.15) is 26.2 Å². The molecule has 3 amide bonds. The average molecular weight is 287 g/mol. The number of carboxylic acids is 1. The van der Waals surface area contributed by atoms with Crippen molar-refractivity contribution in [2.75, 3.05) is 19.7 Å². The van der Waals surface area contributed by atoms with Crippen molar-refractivity contribution in [2.24, 2.45) is 11.7 Å². The third kappa shape index (κ3) is 5.33. The zero-order valence-corrected chi connectivity index (χ0v) is 11.5. The first-order chi connectivity index (χ1) is 9.42. The Balaban J connectivity index is 2.58. The molecule has 1 fully saturated rings. The van der Waals surface area contributed by atoms with Gasteiger partial charge < -0.3 is 25.8 Å². The van der Waals surface area contributed by atoms with Crippen molar-refractivity contribution in [3.05, 3.63) is 0 Å². The predicted molar refractivity (Wildman–Crippen MR) is 70.1 cm³/mol. The molecule has 8 nitrogen and oxygen atoms in total. The summed E-state index contributed by atoms with van der Waals surface area (Å²) in [4.78, 5) is 34.7. The van der Waals surface area contributed by atoms with E-state index >= 15 is 0 Å². The number of alkyl carbamates (subject to hydrolysis) is 1. The molecule has 4 N–H and O–H groups in total. The maximum absolute atomic E-state index is 11.4. The van der Waals surface area contributed by atoms with E-state index in [1.54, 1.807) is 6.92 Å². The number of urea groups is 1. The molecular weight excluding hydrogens is 266 g/mol. The van der Waals surface area contributed by atoms with Crippen molar-refractivity contribution < 1.29 is 24.2 Å². The Morgan fingerprint density at radius 3 is 2.65 bits per heavy atom. The Morgan fingerprint density at radius 2 is 2.10 bits per heavy atom. The van der Waals surface area contributed by atoms with Crippen molar-refractivity contribution in [1.82, 2.24) is 10.2 Å². The highest BCUT2D eigenvalue weighted by molar-refractivity contribution is 5.72. The number of likely N-dealkylation sites (tertiary alicyclic amines) is 1. The Kier molecular flexibility index (Phi) is 6.08. The van der Waals surface area contributed by atoms with Gasteiger partial charge in [-0.05, 0) is 25.7 Å². The number of hydrogen-bond acceptors (Lipinski definition) is 4. The molecule has 20 heavy (non-hydrogen) atoms. The molecule has 0 radical (unpaired) electrons. The van der Waals surface area contributed by atoms with Crippen LogP contribution in [0.5, 0.6) is 0 Å². The molecule has 1 aliphatic heterocycles. The van der Waals surface area contributed by atoms with Crippen molar-refractivity contribution in [3.63, 3.8) is 0 Å². The Bertz CT molecular complexity index is 374. The first-order valence-electron chi connectivity index (χ1n) is 6.61. The number of carbonyl (C=O) groups is 3. The van der Waals surface area contributed by atoms with Gasteiger partial charge in [-0.25, -0.2) is 9.59 Å². The van der Waals surface area contributed by atoms with Crippen LogP contribution in [0.4, 0.5) is 9.59 Å². The number of amides is 3. The number of nitrogens with zero attached hydrogens (tertiary/aromatic N) is 1. The van der Waals surface area contributed by atoms with E-state index in [9.17, 15) is 14.4 Å². The van der Waals surface area contributed by atoms with E-state index < -0.39 is 18.1 Å². The van der Waals surface area contributed by atoms with E-state index in [0.717, 1.165) is 0 Å². The maximum Gasteiger partial charge on any atom is 0.407 e. The lowest BCUT2D eigenvalue weighted by atomic mass is 9.90. The van der Waals surface area contributed by atoms with Crippen LogP contribution in [0.25, 0.3) is 0 Å². The van der Waals surface area contributed by atoms with Crippen molar-refractivity contribution >= 4 is 18.1 Å². The standard InChI is InChI=1S/C12H21N3O5/c1-2-20-12(19)14-9-5-8(3-4-10(16)17)6-15(7-9)11(13)18/h8-9H,2-7H2,1H3,(H2,13,18)(H,14,19)(H,16,17). The van der Waals surface area contributed by atoms with Gasteiger partial charge in [-0.15, -0.1) is 0 Å². The highest BCUT2D eigenvalue weighted by Gasteiger charge is 2.30. The molecule has 114 valence electrons. The number of hydrogen-bond donors (Lipinski definition) is 3. The lowest BCUT2D eigenvalue weighted by molar-refractivity contribution is -0.137. The predicted octanol–water partition coefficient (Wildman–Crippen LogP) is 0.367. The number of nitrogens with two attached hydrogens (primary N) is 1. The highest BCUT2D eigenvalue weighted by atomic mass is 16.5. The summed E-state index contributed by atoms with van der Waals surface area (Å²) >= 11 is 0. The van der Waals surface area contributed by atoms with Crippen molar-refractivity contribution in [3.8, 4) is 0 Å². The van der Waals surface area contributed by atoms with Gasteiger partial charge in [0.2, 0.25) is 0 Å². The summed E-state index contributed by atoms with van der Waals surface area (Å²) in [5.74, 6) is -0.879. The SMILES string of the molecule is CCOC(=O)NC1CC(CCC(=O)O)CN(C(N)=O)C1. The minimum atomic E-state index is -0.879. The molecule has 1 rings (SSSR count). The fourth-order valence-corrected chi connectivity index (χ4v) is 2.36. The van der Waals surface area contributed by atoms with Gasteiger partial charge in [0.15, 0.2) is 0 Å². The topological polar surface area (TPSA) is 122 Å². The molecule has 0 aromatic carbocycles. The molecule has 1 saturated heterocycles. The summed E-state index contributed by atoms with van der Waals surface area (Å²) in [5, 5.41) is 11.4. The van der Waals surface area contributed by atoms with Crippen LogP contribution in [0.15, 0.2) is 0 Å². The maximum atomic E-state index is 11.4. The number of nitrogens with one attached hydrogen (secondary N) is 1. The van der Waals surface area contributed by atoms with Crippen LogP contribution in [0.3, 0.4) is 0 Å². The fraction of sp³-hybridized carbons (Fsp3) is 0.750. The summed E-state index contributed by atoms with van der Waals surface area (Å²) in [7, 11) is 0. The molecule has 1 aliphatic rings. The monoisotopic (exact) mass is 287 g/mol. The van der Waals surface area contributed by atoms with E-state index in [1.807, 2.05) is 0 Å². The van der Waals surface area contributed by atoms with E-state index in [2.05, 4.69) is 5.32 Å². The van der Waals surface area contributed by atoms with Crippen LogP contribution in [-0.2, 0) is 9.53 Å². The molecule has 8 heteroatoms. The first-order valence-corrected chi connectivity index (χ1v) is 6.61. The van der Waals surface area contributed by atoms with Gasteiger partial charge in [-0.2, -0.15) is 0 Å². The fourth-order valence-electron chi connectivity index (χ4n) is 2.36. The molecule has 2 atom stereocenters. The number of rotatable bonds is 5. The second kappa shape index (κ2) is 7.56. The van der Waals surface area contributed by atoms with Gasteiger partial charge in [0.25, 0.3) is 0 Å². The van der Waals surface area contributed by atoms with E-state index in [1.165, 1.54) is 4.90 Å². The first kappa shape index (κ1) is 16.1. The van der Waals surface area contributed by atoms with Gasteiger partial charge in [-0.3, -0.25) is 4.79 Å². The molecule has 0 aromatic rings. The number of piperidine rings is 1. The largest absolute Gasteiger partial charge is 0.481 e. The molecule has 0 bridgehead atoms. The third-order valence-corrected chi connectivity index (χ3v) is 3.21. The minimum absolute atomic E-state index is 0.000670. The van der Waals surface area contributed by atoms with Crippen LogP contribution >= 0.6 is 0 Å². The van der Waals surface area contributed by atoms with E-state index in [-0.39, 0.29) is 25.0 Å². The Morgan fingerprint density at radius 1 is 1.40 bits per heavy atom. The van der Waals surface area contributed by atoms with Crippen LogP contribution in [0.2, 0.25) is 0 Å². The Labute approximate surface area is 117 Å². The molecule has 0 saturated carbocycles. The Hall–Kier alpha value is -1.99. The van der Waals surface area contributed by atoms with Crippen molar-refractivity contribution in [1.29, 1.82) is 0 Å². The number of ether oxygens (including phenoxy) is 1. The van der Waals surface area contributed by atoms with Gasteiger partial charge >= 0.3 is 18.1 Å². The second-order valence-corrected chi connectivity index (χ2v) is 4.84. The van der Waals surface area contributed by atoms with Crippen LogP contribution < -0.4 is 11.1 Å². The van der Waals surface area contributed by atoms with Crippen LogP contribution in [-0.4, -0.2) is 53.8 Å². The van der Waals surface area contributed by atoms with Gasteiger partial charge in [0.1, 0.15) is 0 Å².